The summed E-state index contributed by atoms with van der Waals surface area (Å²) in [5, 5.41) is 3.37. The number of carbonyl (C=O) groups excluding carboxylic acids is 2. The second kappa shape index (κ2) is 5.89. The predicted octanol–water partition coefficient (Wildman–Crippen LogP) is 4.32. The molecule has 5 heteroatoms. The van der Waals surface area contributed by atoms with Gasteiger partial charge in [-0.25, -0.2) is 0 Å². The van der Waals surface area contributed by atoms with Crippen molar-refractivity contribution in [1.29, 1.82) is 0 Å². The average molecular weight is 352 g/mol. The second-order valence-corrected chi connectivity index (χ2v) is 6.65. The molecule has 1 aromatic carbocycles. The van der Waals surface area contributed by atoms with Gasteiger partial charge in [0, 0.05) is 21.8 Å². The summed E-state index contributed by atoms with van der Waals surface area (Å²) >= 11 is 4.80. The number of amides is 1. The van der Waals surface area contributed by atoms with Crippen LogP contribution in [0.25, 0.3) is 0 Å². The zero-order valence-corrected chi connectivity index (χ0v) is 13.8. The summed E-state index contributed by atoms with van der Waals surface area (Å²) in [6, 6.07) is 7.25. The Morgan fingerprint density at radius 2 is 1.95 bits per heavy atom. The molecule has 0 aliphatic heterocycles. The number of thiophene rings is 1. The van der Waals surface area contributed by atoms with E-state index in [9.17, 15) is 9.59 Å². The number of nitrogens with one attached hydrogen (secondary N) is 1. The van der Waals surface area contributed by atoms with E-state index in [0.29, 0.717) is 16.1 Å². The zero-order valence-electron chi connectivity index (χ0n) is 11.4. The van der Waals surface area contributed by atoms with Crippen LogP contribution in [0.15, 0.2) is 28.7 Å². The molecule has 0 atom stereocenters. The Hall–Kier alpha value is -1.46. The molecule has 0 unspecified atom stereocenters. The smallest absolute Gasteiger partial charge is 0.221 e. The maximum Gasteiger partial charge on any atom is 0.221 e. The average Bonchev–Trinajstić information content (AvgIpc) is 2.63. The fourth-order valence-electron chi connectivity index (χ4n) is 1.92. The van der Waals surface area contributed by atoms with Crippen molar-refractivity contribution >= 4 is 44.0 Å². The zero-order chi connectivity index (χ0) is 14.9. The highest BCUT2D eigenvalue weighted by Crippen LogP contribution is 2.34. The second-order valence-electron chi connectivity index (χ2n) is 4.51. The van der Waals surface area contributed by atoms with E-state index in [4.69, 9.17) is 0 Å². The van der Waals surface area contributed by atoms with Crippen molar-refractivity contribution < 1.29 is 9.59 Å². The normalized spacial score (nSPS) is 10.4. The third-order valence-electron chi connectivity index (χ3n) is 2.99. The number of rotatable bonds is 3. The fourth-order valence-corrected chi connectivity index (χ4v) is 3.43. The van der Waals surface area contributed by atoms with Crippen molar-refractivity contribution in [3.8, 4) is 0 Å². The molecular weight excluding hydrogens is 338 g/mol. The monoisotopic (exact) mass is 351 g/mol. The number of anilines is 1. The molecule has 0 saturated heterocycles. The van der Waals surface area contributed by atoms with Gasteiger partial charge in [-0.3, -0.25) is 9.59 Å². The van der Waals surface area contributed by atoms with Crippen LogP contribution in [0.4, 0.5) is 5.00 Å². The fraction of sp³-hybridized carbons (Fsp3) is 0.200. The summed E-state index contributed by atoms with van der Waals surface area (Å²) in [5.74, 6) is -0.244. The molecule has 0 aliphatic rings. The minimum absolute atomic E-state index is 0.0723. The molecular formula is C15H14BrNO2S. The van der Waals surface area contributed by atoms with E-state index in [-0.39, 0.29) is 11.7 Å². The van der Waals surface area contributed by atoms with Crippen LogP contribution in [0.2, 0.25) is 0 Å². The molecule has 0 bridgehead atoms. The summed E-state index contributed by atoms with van der Waals surface area (Å²) in [6.07, 6.45) is 0. The Labute approximate surface area is 130 Å². The molecule has 1 heterocycles. The number of carbonyl (C=O) groups is 2. The van der Waals surface area contributed by atoms with Crippen LogP contribution >= 0.6 is 27.3 Å². The molecule has 1 amide bonds. The van der Waals surface area contributed by atoms with Gasteiger partial charge in [-0.05, 0) is 31.5 Å². The third kappa shape index (κ3) is 2.99. The quantitative estimate of drug-likeness (QED) is 0.837. The summed E-state index contributed by atoms with van der Waals surface area (Å²) < 4.78 is 0.856. The number of aryl methyl sites for hydroxylation is 1. The first kappa shape index (κ1) is 14.9. The standard InChI is InChI=1S/C15H14BrNO2S/c1-8-9(2)20-15(17-10(3)18)13(8)14(19)11-5-4-6-12(16)7-11/h4-7H,1-3H3,(H,17,18). The number of ketones is 1. The lowest BCUT2D eigenvalue weighted by Gasteiger charge is -2.06. The summed E-state index contributed by atoms with van der Waals surface area (Å²) in [6.45, 7) is 5.29. The van der Waals surface area contributed by atoms with Gasteiger partial charge in [0.15, 0.2) is 5.78 Å². The maximum absolute atomic E-state index is 12.7. The predicted molar refractivity (Wildman–Crippen MR) is 85.7 cm³/mol. The molecule has 0 aliphatic carbocycles. The Morgan fingerprint density at radius 1 is 1.25 bits per heavy atom. The van der Waals surface area contributed by atoms with Crippen LogP contribution < -0.4 is 5.32 Å². The summed E-state index contributed by atoms with van der Waals surface area (Å²) in [4.78, 5) is 25.0. The van der Waals surface area contributed by atoms with E-state index in [0.717, 1.165) is 14.9 Å². The van der Waals surface area contributed by atoms with Gasteiger partial charge in [-0.2, -0.15) is 0 Å². The van der Waals surface area contributed by atoms with Crippen molar-refractivity contribution in [2.75, 3.05) is 5.32 Å². The summed E-state index contributed by atoms with van der Waals surface area (Å²) in [7, 11) is 0. The lowest BCUT2D eigenvalue weighted by molar-refractivity contribution is -0.114. The van der Waals surface area contributed by atoms with Crippen molar-refractivity contribution in [3.05, 3.63) is 50.3 Å². The number of hydrogen-bond donors (Lipinski definition) is 1. The van der Waals surface area contributed by atoms with Gasteiger partial charge < -0.3 is 5.32 Å². The maximum atomic E-state index is 12.7. The van der Waals surface area contributed by atoms with Gasteiger partial charge in [0.2, 0.25) is 5.91 Å². The molecule has 0 fully saturated rings. The van der Waals surface area contributed by atoms with E-state index in [2.05, 4.69) is 21.2 Å². The minimum atomic E-state index is -0.172. The molecule has 1 N–H and O–H groups in total. The molecule has 0 spiro atoms. The lowest BCUT2D eigenvalue weighted by atomic mass is 10.0. The highest BCUT2D eigenvalue weighted by atomic mass is 79.9. The van der Waals surface area contributed by atoms with E-state index >= 15 is 0 Å². The molecule has 0 saturated carbocycles. The van der Waals surface area contributed by atoms with E-state index in [1.807, 2.05) is 26.0 Å². The highest BCUT2D eigenvalue weighted by molar-refractivity contribution is 9.10. The molecule has 2 aromatic rings. The van der Waals surface area contributed by atoms with Crippen LogP contribution in [0, 0.1) is 13.8 Å². The molecule has 20 heavy (non-hydrogen) atoms. The van der Waals surface area contributed by atoms with Crippen molar-refractivity contribution in [2.45, 2.75) is 20.8 Å². The molecule has 1 aromatic heterocycles. The number of benzene rings is 1. The highest BCUT2D eigenvalue weighted by Gasteiger charge is 2.21. The molecule has 104 valence electrons. The van der Waals surface area contributed by atoms with Gasteiger partial charge in [0.1, 0.15) is 5.00 Å². The number of halogens is 1. The lowest BCUT2D eigenvalue weighted by Crippen LogP contribution is -2.10. The number of hydrogen-bond acceptors (Lipinski definition) is 3. The van der Waals surface area contributed by atoms with Crippen LogP contribution in [-0.4, -0.2) is 11.7 Å². The van der Waals surface area contributed by atoms with Crippen molar-refractivity contribution in [2.24, 2.45) is 0 Å². The molecule has 2 rings (SSSR count). The molecule has 3 nitrogen and oxygen atoms in total. The first-order valence-corrected chi connectivity index (χ1v) is 7.69. The van der Waals surface area contributed by atoms with Crippen LogP contribution in [0.5, 0.6) is 0 Å². The largest absolute Gasteiger partial charge is 0.317 e. The minimum Gasteiger partial charge on any atom is -0.317 e. The Morgan fingerprint density at radius 3 is 2.55 bits per heavy atom. The van der Waals surface area contributed by atoms with E-state index in [1.54, 1.807) is 12.1 Å². The van der Waals surface area contributed by atoms with E-state index in [1.165, 1.54) is 18.3 Å². The van der Waals surface area contributed by atoms with E-state index < -0.39 is 0 Å². The van der Waals surface area contributed by atoms with Crippen molar-refractivity contribution in [3.63, 3.8) is 0 Å². The van der Waals surface area contributed by atoms with Gasteiger partial charge in [0.05, 0.1) is 5.56 Å². The van der Waals surface area contributed by atoms with Crippen LogP contribution in [0.1, 0.15) is 33.3 Å². The van der Waals surface area contributed by atoms with Crippen LogP contribution in [-0.2, 0) is 4.79 Å². The van der Waals surface area contributed by atoms with Crippen molar-refractivity contribution in [1.82, 2.24) is 0 Å². The van der Waals surface area contributed by atoms with Gasteiger partial charge in [0.25, 0.3) is 0 Å². The van der Waals surface area contributed by atoms with Crippen LogP contribution in [0.3, 0.4) is 0 Å². The Bertz CT molecular complexity index is 691. The first-order chi connectivity index (χ1) is 9.40. The Balaban J connectivity index is 2.51. The van der Waals surface area contributed by atoms with Gasteiger partial charge >= 0.3 is 0 Å². The Kier molecular flexibility index (Phi) is 4.40. The first-order valence-electron chi connectivity index (χ1n) is 6.08. The topological polar surface area (TPSA) is 46.2 Å². The third-order valence-corrected chi connectivity index (χ3v) is 4.60. The summed E-state index contributed by atoms with van der Waals surface area (Å²) in [5.41, 5.74) is 2.11. The SMILES string of the molecule is CC(=O)Nc1sc(C)c(C)c1C(=O)c1cccc(Br)c1. The molecule has 0 radical (unpaired) electrons. The van der Waals surface area contributed by atoms with Gasteiger partial charge in [-0.15, -0.1) is 11.3 Å². The van der Waals surface area contributed by atoms with Gasteiger partial charge in [-0.1, -0.05) is 28.1 Å².